The maximum absolute atomic E-state index is 12.9. The van der Waals surface area contributed by atoms with Gasteiger partial charge >= 0.3 is 0 Å². The van der Waals surface area contributed by atoms with E-state index in [1.54, 1.807) is 0 Å². The van der Waals surface area contributed by atoms with Gasteiger partial charge in [0.2, 0.25) is 11.8 Å². The molecule has 2 aliphatic heterocycles. The summed E-state index contributed by atoms with van der Waals surface area (Å²) in [7, 11) is 0. The average Bonchev–Trinajstić information content (AvgIpc) is 3.17. The van der Waals surface area contributed by atoms with E-state index in [2.05, 4.69) is 25.7 Å². The van der Waals surface area contributed by atoms with E-state index in [4.69, 9.17) is 11.6 Å². The van der Waals surface area contributed by atoms with Crippen molar-refractivity contribution in [3.8, 4) is 0 Å². The number of aryl methyl sites for hydroxylation is 1. The minimum atomic E-state index is 0.0988. The molecule has 28 heavy (non-hydrogen) atoms. The van der Waals surface area contributed by atoms with E-state index >= 15 is 0 Å². The summed E-state index contributed by atoms with van der Waals surface area (Å²) < 4.78 is 0. The van der Waals surface area contributed by atoms with Crippen LogP contribution in [0.4, 0.5) is 0 Å². The van der Waals surface area contributed by atoms with Crippen LogP contribution in [0.1, 0.15) is 39.2 Å². The minimum absolute atomic E-state index is 0.0988. The average molecular weight is 406 g/mol. The quantitative estimate of drug-likeness (QED) is 0.773. The highest BCUT2D eigenvalue weighted by Crippen LogP contribution is 2.26. The molecule has 0 N–H and O–H groups in total. The van der Waals surface area contributed by atoms with E-state index in [0.717, 1.165) is 25.1 Å². The summed E-state index contributed by atoms with van der Waals surface area (Å²) >= 11 is 6.18. The van der Waals surface area contributed by atoms with Crippen molar-refractivity contribution in [1.29, 1.82) is 0 Å². The Hall–Kier alpha value is -1.59. The minimum Gasteiger partial charge on any atom is -0.339 e. The van der Waals surface area contributed by atoms with Gasteiger partial charge in [0.15, 0.2) is 0 Å². The lowest BCUT2D eigenvalue weighted by Gasteiger charge is -2.36. The van der Waals surface area contributed by atoms with Crippen LogP contribution in [0.2, 0.25) is 5.02 Å². The molecule has 2 amide bonds. The number of hydrogen-bond donors (Lipinski definition) is 0. The molecule has 2 saturated heterocycles. The van der Waals surface area contributed by atoms with Gasteiger partial charge in [-0.2, -0.15) is 0 Å². The van der Waals surface area contributed by atoms with Gasteiger partial charge in [0.25, 0.3) is 0 Å². The number of carbonyl (C=O) groups excluding carboxylic acids is 2. The maximum Gasteiger partial charge on any atom is 0.227 e. The van der Waals surface area contributed by atoms with Crippen LogP contribution in [0.3, 0.4) is 0 Å². The van der Waals surface area contributed by atoms with Crippen LogP contribution in [-0.4, -0.2) is 71.3 Å². The number of hydrogen-bond acceptors (Lipinski definition) is 3. The molecule has 2 aliphatic rings. The Kier molecular flexibility index (Phi) is 6.66. The Morgan fingerprint density at radius 1 is 1.04 bits per heavy atom. The van der Waals surface area contributed by atoms with Gasteiger partial charge in [-0.05, 0) is 51.8 Å². The lowest BCUT2D eigenvalue weighted by Crippen LogP contribution is -2.52. The van der Waals surface area contributed by atoms with Crippen molar-refractivity contribution < 1.29 is 9.59 Å². The molecule has 0 aliphatic carbocycles. The highest BCUT2D eigenvalue weighted by atomic mass is 35.5. The van der Waals surface area contributed by atoms with Crippen LogP contribution >= 0.6 is 11.6 Å². The first-order valence-corrected chi connectivity index (χ1v) is 10.7. The topological polar surface area (TPSA) is 43.9 Å². The second-order valence-corrected chi connectivity index (χ2v) is 9.31. The summed E-state index contributed by atoms with van der Waals surface area (Å²) in [6.45, 7) is 11.0. The lowest BCUT2D eigenvalue weighted by atomic mass is 10.1. The fourth-order valence-electron chi connectivity index (χ4n) is 4.11. The molecule has 1 atom stereocenters. The number of halogens is 1. The molecule has 2 heterocycles. The summed E-state index contributed by atoms with van der Waals surface area (Å²) in [6, 6.07) is 7.67. The summed E-state index contributed by atoms with van der Waals surface area (Å²) in [4.78, 5) is 31.7. The summed E-state index contributed by atoms with van der Waals surface area (Å²) in [5.74, 6) is 0.503. The molecular formula is C22H32ClN3O2. The Bertz CT molecular complexity index is 708. The van der Waals surface area contributed by atoms with E-state index in [9.17, 15) is 9.59 Å². The van der Waals surface area contributed by atoms with Crippen LogP contribution in [0, 0.1) is 5.92 Å². The predicted octanol–water partition coefficient (Wildman–Crippen LogP) is 3.06. The van der Waals surface area contributed by atoms with Crippen LogP contribution in [0.25, 0.3) is 0 Å². The Morgan fingerprint density at radius 2 is 1.68 bits per heavy atom. The fraction of sp³-hybridized carbons (Fsp3) is 0.636. The highest BCUT2D eigenvalue weighted by Gasteiger charge is 2.36. The predicted molar refractivity (Wildman–Crippen MR) is 112 cm³/mol. The Labute approximate surface area is 173 Å². The van der Waals surface area contributed by atoms with Crippen molar-refractivity contribution in [2.45, 2.75) is 45.6 Å². The van der Waals surface area contributed by atoms with Crippen molar-refractivity contribution in [2.75, 3.05) is 39.3 Å². The van der Waals surface area contributed by atoms with Crippen LogP contribution < -0.4 is 0 Å². The zero-order valence-electron chi connectivity index (χ0n) is 17.3. The molecular weight excluding hydrogens is 374 g/mol. The van der Waals surface area contributed by atoms with Crippen molar-refractivity contribution in [1.82, 2.24) is 14.7 Å². The number of amides is 2. The molecule has 1 unspecified atom stereocenters. The van der Waals surface area contributed by atoms with E-state index < -0.39 is 0 Å². The van der Waals surface area contributed by atoms with E-state index in [0.29, 0.717) is 44.0 Å². The molecule has 0 aromatic heterocycles. The van der Waals surface area contributed by atoms with Crippen molar-refractivity contribution in [3.63, 3.8) is 0 Å². The van der Waals surface area contributed by atoms with Crippen LogP contribution in [-0.2, 0) is 16.0 Å². The van der Waals surface area contributed by atoms with Crippen molar-refractivity contribution in [3.05, 3.63) is 34.9 Å². The SMILES string of the molecule is CC(C)(C)N1CCC(C(=O)N2CCN(C(=O)CCc3ccccc3Cl)CC2)C1. The second-order valence-electron chi connectivity index (χ2n) is 8.90. The second kappa shape index (κ2) is 8.83. The largest absolute Gasteiger partial charge is 0.339 e. The molecule has 3 rings (SSSR count). The van der Waals surface area contributed by atoms with Crippen LogP contribution in [0.15, 0.2) is 24.3 Å². The van der Waals surface area contributed by atoms with E-state index in [-0.39, 0.29) is 23.3 Å². The van der Waals surface area contributed by atoms with Gasteiger partial charge in [0.05, 0.1) is 5.92 Å². The monoisotopic (exact) mass is 405 g/mol. The molecule has 0 radical (unpaired) electrons. The first-order chi connectivity index (χ1) is 13.3. The number of rotatable bonds is 4. The van der Waals surface area contributed by atoms with E-state index in [1.165, 1.54) is 0 Å². The zero-order valence-corrected chi connectivity index (χ0v) is 18.0. The maximum atomic E-state index is 12.9. The molecule has 5 nitrogen and oxygen atoms in total. The Morgan fingerprint density at radius 3 is 2.29 bits per heavy atom. The molecule has 154 valence electrons. The molecule has 2 fully saturated rings. The summed E-state index contributed by atoms with van der Waals surface area (Å²) in [6.07, 6.45) is 2.05. The smallest absolute Gasteiger partial charge is 0.227 e. The zero-order chi connectivity index (χ0) is 20.3. The fourth-order valence-corrected chi connectivity index (χ4v) is 4.34. The van der Waals surface area contributed by atoms with Gasteiger partial charge < -0.3 is 9.80 Å². The third kappa shape index (κ3) is 5.06. The molecule has 0 spiro atoms. The van der Waals surface area contributed by atoms with Gasteiger partial charge in [-0.1, -0.05) is 29.8 Å². The lowest BCUT2D eigenvalue weighted by molar-refractivity contribution is -0.142. The van der Waals surface area contributed by atoms with Gasteiger partial charge in [0.1, 0.15) is 0 Å². The standard InChI is InChI=1S/C22H32ClN3O2/c1-22(2,3)26-11-10-18(16-26)21(28)25-14-12-24(13-15-25)20(27)9-8-17-6-4-5-7-19(17)23/h4-7,18H,8-16H2,1-3H3. The van der Waals surface area contributed by atoms with Gasteiger partial charge in [0, 0.05) is 49.7 Å². The third-order valence-corrected chi connectivity index (χ3v) is 6.36. The molecule has 0 bridgehead atoms. The third-order valence-electron chi connectivity index (χ3n) is 6.00. The van der Waals surface area contributed by atoms with Gasteiger partial charge in [-0.15, -0.1) is 0 Å². The van der Waals surface area contributed by atoms with Crippen molar-refractivity contribution >= 4 is 23.4 Å². The van der Waals surface area contributed by atoms with Crippen molar-refractivity contribution in [2.24, 2.45) is 5.92 Å². The number of benzene rings is 1. The molecule has 6 heteroatoms. The highest BCUT2D eigenvalue weighted by molar-refractivity contribution is 6.31. The van der Waals surface area contributed by atoms with Gasteiger partial charge in [-0.25, -0.2) is 0 Å². The first kappa shape index (κ1) is 21.1. The first-order valence-electron chi connectivity index (χ1n) is 10.3. The van der Waals surface area contributed by atoms with Crippen LogP contribution in [0.5, 0.6) is 0 Å². The molecule has 0 saturated carbocycles. The Balaban J connectivity index is 1.44. The number of likely N-dealkylation sites (tertiary alicyclic amines) is 1. The normalized spacial score (nSPS) is 21.2. The molecule has 1 aromatic rings. The van der Waals surface area contributed by atoms with Gasteiger partial charge in [-0.3, -0.25) is 14.5 Å². The molecule has 1 aromatic carbocycles. The number of carbonyl (C=O) groups is 2. The summed E-state index contributed by atoms with van der Waals surface area (Å²) in [5.41, 5.74) is 1.12. The number of piperazine rings is 1. The van der Waals surface area contributed by atoms with E-state index in [1.807, 2.05) is 34.1 Å². The number of nitrogens with zero attached hydrogens (tertiary/aromatic N) is 3. The summed E-state index contributed by atoms with van der Waals surface area (Å²) in [5, 5.41) is 0.714.